The summed E-state index contributed by atoms with van der Waals surface area (Å²) in [6.07, 6.45) is 1.71. The van der Waals surface area contributed by atoms with Crippen molar-refractivity contribution in [3.05, 3.63) is 30.6 Å². The zero-order valence-electron chi connectivity index (χ0n) is 6.79. The predicted molar refractivity (Wildman–Crippen MR) is 45.5 cm³/mol. The van der Waals surface area contributed by atoms with Crippen LogP contribution in [0.4, 0.5) is 0 Å². The third kappa shape index (κ3) is 1.80. The van der Waals surface area contributed by atoms with Crippen LogP contribution in [0.3, 0.4) is 0 Å². The molecule has 1 aromatic rings. The first-order valence-electron chi connectivity index (χ1n) is 3.40. The molecule has 0 saturated carbocycles. The van der Waals surface area contributed by atoms with Gasteiger partial charge in [-0.15, -0.1) is 0 Å². The van der Waals surface area contributed by atoms with Gasteiger partial charge in [-0.2, -0.15) is 0 Å². The summed E-state index contributed by atoms with van der Waals surface area (Å²) in [5.74, 6) is 0.818. The number of ether oxygens (including phenoxy) is 1. The quantitative estimate of drug-likeness (QED) is 0.642. The van der Waals surface area contributed by atoms with Gasteiger partial charge >= 0.3 is 0 Å². The molecule has 0 aliphatic heterocycles. The van der Waals surface area contributed by atoms with E-state index in [4.69, 9.17) is 4.74 Å². The fraction of sp³-hybridized carbons (Fsp3) is 0.222. The molecule has 11 heavy (non-hydrogen) atoms. The van der Waals surface area contributed by atoms with Gasteiger partial charge in [-0.1, -0.05) is 6.58 Å². The van der Waals surface area contributed by atoms with Crippen LogP contribution in [0.2, 0.25) is 0 Å². The van der Waals surface area contributed by atoms with Gasteiger partial charge in [-0.3, -0.25) is 4.98 Å². The molecule has 0 unspecified atom stereocenters. The van der Waals surface area contributed by atoms with Crippen LogP contribution in [-0.2, 0) is 0 Å². The van der Waals surface area contributed by atoms with Crippen LogP contribution < -0.4 is 4.74 Å². The molecule has 0 fully saturated rings. The molecule has 2 nitrogen and oxygen atoms in total. The number of nitrogens with zero attached hydrogens (tertiary/aromatic N) is 1. The lowest BCUT2D eigenvalue weighted by molar-refractivity contribution is 0.414. The van der Waals surface area contributed by atoms with E-state index in [9.17, 15) is 0 Å². The summed E-state index contributed by atoms with van der Waals surface area (Å²) in [6.45, 7) is 5.70. The smallest absolute Gasteiger partial charge is 0.122 e. The molecule has 0 bridgehead atoms. The van der Waals surface area contributed by atoms with E-state index >= 15 is 0 Å². The molecule has 2 heteroatoms. The second-order valence-corrected chi connectivity index (χ2v) is 2.36. The van der Waals surface area contributed by atoms with Crippen LogP contribution in [0, 0.1) is 0 Å². The average Bonchev–Trinajstić information content (AvgIpc) is 2.05. The summed E-state index contributed by atoms with van der Waals surface area (Å²) < 4.78 is 5.02. The molecule has 0 radical (unpaired) electrons. The second-order valence-electron chi connectivity index (χ2n) is 2.36. The molecule has 1 heterocycles. The Kier molecular flexibility index (Phi) is 2.26. The van der Waals surface area contributed by atoms with Crippen LogP contribution in [0.25, 0.3) is 5.57 Å². The van der Waals surface area contributed by atoms with Crippen molar-refractivity contribution in [2.45, 2.75) is 6.92 Å². The second kappa shape index (κ2) is 3.19. The Balaban J connectivity index is 3.01. The van der Waals surface area contributed by atoms with E-state index in [-0.39, 0.29) is 0 Å². The van der Waals surface area contributed by atoms with Gasteiger partial charge in [-0.05, 0) is 18.6 Å². The van der Waals surface area contributed by atoms with Crippen LogP contribution in [-0.4, -0.2) is 12.1 Å². The molecule has 0 N–H and O–H groups in total. The Labute approximate surface area is 66.5 Å². The minimum atomic E-state index is 0.818. The highest BCUT2D eigenvalue weighted by atomic mass is 16.5. The standard InChI is InChI=1S/C9H11NO/c1-7(2)9-6-8(11-3)4-5-10-9/h4-6H,1H2,2-3H3. The fourth-order valence-corrected chi connectivity index (χ4v) is 0.772. The number of hydrogen-bond donors (Lipinski definition) is 0. The van der Waals surface area contributed by atoms with Gasteiger partial charge < -0.3 is 4.74 Å². The van der Waals surface area contributed by atoms with Crippen LogP contribution in [0.15, 0.2) is 24.9 Å². The van der Waals surface area contributed by atoms with E-state index < -0.39 is 0 Å². The number of aromatic nitrogens is 1. The van der Waals surface area contributed by atoms with E-state index in [1.807, 2.05) is 19.1 Å². The highest BCUT2D eigenvalue weighted by molar-refractivity contribution is 5.58. The first-order valence-corrected chi connectivity index (χ1v) is 3.40. The summed E-state index contributed by atoms with van der Waals surface area (Å²) in [4.78, 5) is 4.11. The lowest BCUT2D eigenvalue weighted by Gasteiger charge is -2.01. The minimum Gasteiger partial charge on any atom is -0.497 e. The zero-order valence-corrected chi connectivity index (χ0v) is 6.79. The van der Waals surface area contributed by atoms with Crippen LogP contribution in [0.1, 0.15) is 12.6 Å². The largest absolute Gasteiger partial charge is 0.497 e. The predicted octanol–water partition coefficient (Wildman–Crippen LogP) is 2.12. The summed E-state index contributed by atoms with van der Waals surface area (Å²) in [7, 11) is 1.64. The number of rotatable bonds is 2. The van der Waals surface area contributed by atoms with Gasteiger partial charge in [0.05, 0.1) is 12.8 Å². The van der Waals surface area contributed by atoms with Crippen LogP contribution >= 0.6 is 0 Å². The minimum absolute atomic E-state index is 0.818. The molecule has 1 aromatic heterocycles. The van der Waals surface area contributed by atoms with Crippen molar-refractivity contribution in [3.8, 4) is 5.75 Å². The highest BCUT2D eigenvalue weighted by Crippen LogP contribution is 2.14. The lowest BCUT2D eigenvalue weighted by Crippen LogP contribution is -1.87. The summed E-state index contributed by atoms with van der Waals surface area (Å²) >= 11 is 0. The van der Waals surface area contributed by atoms with E-state index in [1.165, 1.54) is 0 Å². The molecule has 0 aliphatic rings. The number of methoxy groups -OCH3 is 1. The van der Waals surface area contributed by atoms with Gasteiger partial charge in [0.1, 0.15) is 5.75 Å². The number of pyridine rings is 1. The molecule has 0 saturated heterocycles. The first kappa shape index (κ1) is 7.79. The summed E-state index contributed by atoms with van der Waals surface area (Å²) in [5.41, 5.74) is 1.83. The molecule has 0 amide bonds. The topological polar surface area (TPSA) is 22.1 Å². The molecule has 0 aromatic carbocycles. The molecule has 1 rings (SSSR count). The Morgan fingerprint density at radius 3 is 2.91 bits per heavy atom. The van der Waals surface area contributed by atoms with E-state index in [0.29, 0.717) is 0 Å². The zero-order chi connectivity index (χ0) is 8.27. The van der Waals surface area contributed by atoms with E-state index in [0.717, 1.165) is 17.0 Å². The number of hydrogen-bond acceptors (Lipinski definition) is 2. The van der Waals surface area contributed by atoms with Gasteiger partial charge in [-0.25, -0.2) is 0 Å². The van der Waals surface area contributed by atoms with Crippen molar-refractivity contribution >= 4 is 5.57 Å². The maximum Gasteiger partial charge on any atom is 0.122 e. The SMILES string of the molecule is C=C(C)c1cc(OC)ccn1. The average molecular weight is 149 g/mol. The summed E-state index contributed by atoms with van der Waals surface area (Å²) in [6, 6.07) is 3.68. The van der Waals surface area contributed by atoms with Gasteiger partial charge in [0, 0.05) is 12.3 Å². The third-order valence-electron chi connectivity index (χ3n) is 1.40. The van der Waals surface area contributed by atoms with Crippen molar-refractivity contribution in [2.24, 2.45) is 0 Å². The number of allylic oxidation sites excluding steroid dienone is 1. The Hall–Kier alpha value is -1.31. The maximum absolute atomic E-state index is 5.02. The molecule has 0 atom stereocenters. The summed E-state index contributed by atoms with van der Waals surface area (Å²) in [5, 5.41) is 0. The molecule has 58 valence electrons. The monoisotopic (exact) mass is 149 g/mol. The lowest BCUT2D eigenvalue weighted by atomic mass is 10.2. The Morgan fingerprint density at radius 2 is 2.36 bits per heavy atom. The maximum atomic E-state index is 5.02. The van der Waals surface area contributed by atoms with Crippen molar-refractivity contribution in [1.29, 1.82) is 0 Å². The van der Waals surface area contributed by atoms with E-state index in [1.54, 1.807) is 13.3 Å². The highest BCUT2D eigenvalue weighted by Gasteiger charge is 1.95. The Bertz CT molecular complexity index is 268. The molecule has 0 spiro atoms. The third-order valence-corrected chi connectivity index (χ3v) is 1.40. The van der Waals surface area contributed by atoms with Gasteiger partial charge in [0.15, 0.2) is 0 Å². The van der Waals surface area contributed by atoms with Crippen molar-refractivity contribution < 1.29 is 4.74 Å². The first-order chi connectivity index (χ1) is 5.24. The van der Waals surface area contributed by atoms with Crippen molar-refractivity contribution in [2.75, 3.05) is 7.11 Å². The van der Waals surface area contributed by atoms with Crippen molar-refractivity contribution in [1.82, 2.24) is 4.98 Å². The van der Waals surface area contributed by atoms with Crippen LogP contribution in [0.5, 0.6) is 5.75 Å². The van der Waals surface area contributed by atoms with Gasteiger partial charge in [0.25, 0.3) is 0 Å². The molecule has 0 aliphatic carbocycles. The van der Waals surface area contributed by atoms with Gasteiger partial charge in [0.2, 0.25) is 0 Å². The van der Waals surface area contributed by atoms with Crippen molar-refractivity contribution in [3.63, 3.8) is 0 Å². The fourth-order valence-electron chi connectivity index (χ4n) is 0.772. The molecular weight excluding hydrogens is 138 g/mol. The normalized spacial score (nSPS) is 9.27. The molecular formula is C9H11NO. The van der Waals surface area contributed by atoms with E-state index in [2.05, 4.69) is 11.6 Å². The Morgan fingerprint density at radius 1 is 1.64 bits per heavy atom.